The molecule has 3 nitrogen and oxygen atoms in total. The van der Waals surface area contributed by atoms with Crippen molar-refractivity contribution in [1.82, 2.24) is 10.3 Å². The van der Waals surface area contributed by atoms with Crippen LogP contribution in [-0.2, 0) is 6.54 Å². The molecule has 0 amide bonds. The molecule has 0 saturated carbocycles. The molecule has 0 atom stereocenters. The van der Waals surface area contributed by atoms with Crippen LogP contribution in [-0.4, -0.2) is 24.3 Å². The van der Waals surface area contributed by atoms with Crippen molar-refractivity contribution in [3.63, 3.8) is 0 Å². The third-order valence-electron chi connectivity index (χ3n) is 2.30. The van der Waals surface area contributed by atoms with E-state index in [4.69, 9.17) is 0 Å². The zero-order chi connectivity index (χ0) is 13.6. The predicted molar refractivity (Wildman–Crippen MR) is 62.5 cm³/mol. The predicted octanol–water partition coefficient (Wildman–Crippen LogP) is 2.83. The topological polar surface area (TPSA) is 34.1 Å². The molecule has 18 heavy (non-hydrogen) atoms. The van der Waals surface area contributed by atoms with Gasteiger partial charge in [-0.05, 0) is 25.5 Å². The van der Waals surface area contributed by atoms with Crippen LogP contribution < -0.4 is 10.1 Å². The van der Waals surface area contributed by atoms with Gasteiger partial charge in [0.25, 0.3) is 0 Å². The molecular weight excluding hydrogens is 245 g/mol. The maximum atomic E-state index is 12.0. The van der Waals surface area contributed by atoms with Crippen LogP contribution in [0.15, 0.2) is 12.1 Å². The summed E-state index contributed by atoms with van der Waals surface area (Å²) in [6.45, 7) is 4.06. The largest absolute Gasteiger partial charge is 0.468 e. The van der Waals surface area contributed by atoms with Crippen molar-refractivity contribution >= 4 is 0 Å². The first-order valence-electron chi connectivity index (χ1n) is 5.79. The van der Waals surface area contributed by atoms with Gasteiger partial charge in [-0.25, -0.2) is 4.98 Å². The maximum Gasteiger partial charge on any atom is 0.422 e. The molecule has 1 aromatic rings. The molecule has 1 aromatic heterocycles. The monoisotopic (exact) mass is 262 g/mol. The lowest BCUT2D eigenvalue weighted by Gasteiger charge is -2.11. The Bertz CT molecular complexity index is 380. The summed E-state index contributed by atoms with van der Waals surface area (Å²) >= 11 is 0. The SMILES string of the molecule is CCCNCc1ccc(OCC(F)(F)F)nc1C. The molecule has 0 aliphatic carbocycles. The highest BCUT2D eigenvalue weighted by atomic mass is 19.4. The lowest BCUT2D eigenvalue weighted by Crippen LogP contribution is -2.20. The lowest BCUT2D eigenvalue weighted by atomic mass is 10.2. The fraction of sp³-hybridized carbons (Fsp3) is 0.583. The summed E-state index contributed by atoms with van der Waals surface area (Å²) in [4.78, 5) is 3.99. The van der Waals surface area contributed by atoms with E-state index < -0.39 is 12.8 Å². The second-order valence-corrected chi connectivity index (χ2v) is 3.97. The van der Waals surface area contributed by atoms with E-state index in [1.807, 2.05) is 0 Å². The van der Waals surface area contributed by atoms with E-state index >= 15 is 0 Å². The normalized spacial score (nSPS) is 11.6. The van der Waals surface area contributed by atoms with Gasteiger partial charge in [-0.15, -0.1) is 0 Å². The van der Waals surface area contributed by atoms with Gasteiger partial charge in [-0.2, -0.15) is 13.2 Å². The number of nitrogens with one attached hydrogen (secondary N) is 1. The van der Waals surface area contributed by atoms with Crippen LogP contribution in [0.25, 0.3) is 0 Å². The molecule has 0 fully saturated rings. The summed E-state index contributed by atoms with van der Waals surface area (Å²) in [5.41, 5.74) is 1.64. The van der Waals surface area contributed by atoms with Crippen LogP contribution in [0, 0.1) is 6.92 Å². The van der Waals surface area contributed by atoms with Gasteiger partial charge in [0.2, 0.25) is 5.88 Å². The maximum absolute atomic E-state index is 12.0. The fourth-order valence-corrected chi connectivity index (χ4v) is 1.39. The third kappa shape index (κ3) is 5.35. The number of pyridine rings is 1. The molecule has 0 spiro atoms. The number of nitrogens with zero attached hydrogens (tertiary/aromatic N) is 1. The van der Waals surface area contributed by atoms with Crippen molar-refractivity contribution in [2.24, 2.45) is 0 Å². The van der Waals surface area contributed by atoms with Crippen LogP contribution in [0.1, 0.15) is 24.6 Å². The Morgan fingerprint density at radius 2 is 2.06 bits per heavy atom. The molecule has 1 N–H and O–H groups in total. The molecule has 0 bridgehead atoms. The summed E-state index contributed by atoms with van der Waals surface area (Å²) in [6, 6.07) is 3.19. The van der Waals surface area contributed by atoms with Gasteiger partial charge in [0, 0.05) is 18.3 Å². The molecule has 0 aliphatic heterocycles. The number of hydrogen-bond acceptors (Lipinski definition) is 3. The van der Waals surface area contributed by atoms with Crippen molar-refractivity contribution in [2.45, 2.75) is 33.0 Å². The average molecular weight is 262 g/mol. The van der Waals surface area contributed by atoms with E-state index in [0.717, 1.165) is 18.5 Å². The Balaban J connectivity index is 2.56. The van der Waals surface area contributed by atoms with Crippen molar-refractivity contribution < 1.29 is 17.9 Å². The number of ether oxygens (including phenoxy) is 1. The molecule has 0 saturated heterocycles. The Kier molecular flexibility index (Phi) is 5.40. The van der Waals surface area contributed by atoms with Crippen LogP contribution >= 0.6 is 0 Å². The summed E-state index contributed by atoms with van der Waals surface area (Å²) in [6.07, 6.45) is -3.31. The average Bonchev–Trinajstić information content (AvgIpc) is 2.28. The third-order valence-corrected chi connectivity index (χ3v) is 2.30. The van der Waals surface area contributed by atoms with E-state index in [9.17, 15) is 13.2 Å². The van der Waals surface area contributed by atoms with Gasteiger partial charge in [-0.1, -0.05) is 13.0 Å². The summed E-state index contributed by atoms with van der Waals surface area (Å²) in [5.74, 6) is 0.00377. The highest BCUT2D eigenvalue weighted by Crippen LogP contribution is 2.18. The summed E-state index contributed by atoms with van der Waals surface area (Å²) in [5, 5.41) is 3.21. The van der Waals surface area contributed by atoms with E-state index in [-0.39, 0.29) is 5.88 Å². The van der Waals surface area contributed by atoms with Gasteiger partial charge in [0.15, 0.2) is 6.61 Å². The molecule has 0 unspecified atom stereocenters. The van der Waals surface area contributed by atoms with Crippen LogP contribution in [0.4, 0.5) is 13.2 Å². The van der Waals surface area contributed by atoms with Crippen molar-refractivity contribution in [2.75, 3.05) is 13.2 Å². The minimum absolute atomic E-state index is 0.00377. The second-order valence-electron chi connectivity index (χ2n) is 3.97. The van der Waals surface area contributed by atoms with Crippen LogP contribution in [0.2, 0.25) is 0 Å². The molecule has 0 aromatic carbocycles. The highest BCUT2D eigenvalue weighted by molar-refractivity contribution is 5.24. The Morgan fingerprint density at radius 3 is 2.61 bits per heavy atom. The molecule has 1 rings (SSSR count). The van der Waals surface area contributed by atoms with Gasteiger partial charge < -0.3 is 10.1 Å². The molecule has 1 heterocycles. The zero-order valence-corrected chi connectivity index (χ0v) is 10.5. The van der Waals surface area contributed by atoms with Gasteiger partial charge in [-0.3, -0.25) is 0 Å². The van der Waals surface area contributed by atoms with Crippen LogP contribution in [0.3, 0.4) is 0 Å². The Morgan fingerprint density at radius 1 is 1.33 bits per heavy atom. The highest BCUT2D eigenvalue weighted by Gasteiger charge is 2.28. The van der Waals surface area contributed by atoms with Gasteiger partial charge >= 0.3 is 6.18 Å². The van der Waals surface area contributed by atoms with Gasteiger partial charge in [0.1, 0.15) is 0 Å². The number of alkyl halides is 3. The van der Waals surface area contributed by atoms with E-state index in [1.54, 1.807) is 13.0 Å². The van der Waals surface area contributed by atoms with Gasteiger partial charge in [0.05, 0.1) is 0 Å². The number of hydrogen-bond donors (Lipinski definition) is 1. The first-order valence-corrected chi connectivity index (χ1v) is 5.79. The Hall–Kier alpha value is -1.30. The quantitative estimate of drug-likeness (QED) is 0.800. The van der Waals surface area contributed by atoms with Crippen LogP contribution in [0.5, 0.6) is 5.88 Å². The van der Waals surface area contributed by atoms with Crippen molar-refractivity contribution in [3.8, 4) is 5.88 Å². The minimum Gasteiger partial charge on any atom is -0.468 e. The molecule has 102 valence electrons. The molecule has 0 radical (unpaired) electrons. The molecule has 6 heteroatoms. The van der Waals surface area contributed by atoms with E-state index in [2.05, 4.69) is 22.0 Å². The van der Waals surface area contributed by atoms with Crippen molar-refractivity contribution in [3.05, 3.63) is 23.4 Å². The molecular formula is C12H17F3N2O. The van der Waals surface area contributed by atoms with E-state index in [0.29, 0.717) is 12.2 Å². The Labute approximate surface area is 104 Å². The standard InChI is InChI=1S/C12H17F3N2O/c1-3-6-16-7-10-4-5-11(17-9(10)2)18-8-12(13,14)15/h4-5,16H,3,6-8H2,1-2H3. The summed E-state index contributed by atoms with van der Waals surface area (Å²) in [7, 11) is 0. The first kappa shape index (κ1) is 14.8. The summed E-state index contributed by atoms with van der Waals surface area (Å²) < 4.78 is 40.5. The number of aromatic nitrogens is 1. The molecule has 0 aliphatic rings. The first-order chi connectivity index (χ1) is 8.42. The minimum atomic E-state index is -4.34. The lowest BCUT2D eigenvalue weighted by molar-refractivity contribution is -0.154. The fourth-order valence-electron chi connectivity index (χ4n) is 1.39. The second kappa shape index (κ2) is 6.58. The number of rotatable bonds is 6. The number of halogens is 3. The van der Waals surface area contributed by atoms with Crippen molar-refractivity contribution in [1.29, 1.82) is 0 Å². The van der Waals surface area contributed by atoms with E-state index in [1.165, 1.54) is 6.07 Å². The number of aryl methyl sites for hydroxylation is 1. The zero-order valence-electron chi connectivity index (χ0n) is 10.5. The smallest absolute Gasteiger partial charge is 0.422 e.